The van der Waals surface area contributed by atoms with Crippen molar-refractivity contribution in [2.75, 3.05) is 13.2 Å². The Bertz CT molecular complexity index is 1120. The zero-order valence-corrected chi connectivity index (χ0v) is 21.8. The standard InChI is InChI=1S/C27H34BrN3O3/c1-3-22-10-12-25-27(20-14-21(28)16-29-15-20)23(11-13-26(32)34-4-2)24(30-31(22)25)18-33-17-19-8-6-5-7-9-19/h10,12,14-16,19H,3-9,11,13,17-18H2,1-2H3. The Hall–Kier alpha value is -2.25. The highest BCUT2D eigenvalue weighted by atomic mass is 79.9. The summed E-state index contributed by atoms with van der Waals surface area (Å²) in [7, 11) is 0. The van der Waals surface area contributed by atoms with Gasteiger partial charge in [-0.2, -0.15) is 5.10 Å². The van der Waals surface area contributed by atoms with Gasteiger partial charge in [-0.3, -0.25) is 9.78 Å². The van der Waals surface area contributed by atoms with Crippen LogP contribution in [0, 0.1) is 5.92 Å². The molecule has 1 saturated carbocycles. The summed E-state index contributed by atoms with van der Waals surface area (Å²) in [6.45, 7) is 5.55. The van der Waals surface area contributed by atoms with Crippen LogP contribution in [0.2, 0.25) is 0 Å². The topological polar surface area (TPSA) is 65.7 Å². The van der Waals surface area contributed by atoms with Crippen molar-refractivity contribution in [3.05, 3.63) is 52.0 Å². The molecule has 1 aliphatic rings. The Kier molecular flexibility index (Phi) is 8.73. The number of carbonyl (C=O) groups is 1. The maximum atomic E-state index is 12.3. The van der Waals surface area contributed by atoms with E-state index in [0.717, 1.165) is 51.1 Å². The van der Waals surface area contributed by atoms with Crippen molar-refractivity contribution in [2.45, 2.75) is 71.8 Å². The number of nitrogens with zero attached hydrogens (tertiary/aromatic N) is 3. The highest BCUT2D eigenvalue weighted by Gasteiger charge is 2.21. The van der Waals surface area contributed by atoms with E-state index >= 15 is 0 Å². The molecule has 0 N–H and O–H groups in total. The van der Waals surface area contributed by atoms with E-state index in [-0.39, 0.29) is 5.97 Å². The predicted molar refractivity (Wildman–Crippen MR) is 137 cm³/mol. The molecule has 0 aromatic carbocycles. The molecule has 3 aromatic rings. The molecular weight excluding hydrogens is 494 g/mol. The normalized spacial score (nSPS) is 14.6. The number of aryl methyl sites for hydroxylation is 1. The summed E-state index contributed by atoms with van der Waals surface area (Å²) >= 11 is 3.57. The van der Waals surface area contributed by atoms with E-state index in [4.69, 9.17) is 14.6 Å². The number of halogens is 1. The highest BCUT2D eigenvalue weighted by molar-refractivity contribution is 9.10. The van der Waals surface area contributed by atoms with Gasteiger partial charge in [0.05, 0.1) is 24.4 Å². The minimum Gasteiger partial charge on any atom is -0.466 e. The zero-order valence-electron chi connectivity index (χ0n) is 20.2. The summed E-state index contributed by atoms with van der Waals surface area (Å²) in [5, 5.41) is 5.03. The fourth-order valence-electron chi connectivity index (χ4n) is 4.92. The lowest BCUT2D eigenvalue weighted by atomic mass is 9.90. The van der Waals surface area contributed by atoms with E-state index in [0.29, 0.717) is 32.0 Å². The molecule has 0 spiro atoms. The molecule has 4 rings (SSSR count). The maximum Gasteiger partial charge on any atom is 0.306 e. The van der Waals surface area contributed by atoms with Crippen molar-refractivity contribution in [1.82, 2.24) is 14.6 Å². The Balaban J connectivity index is 1.75. The predicted octanol–water partition coefficient (Wildman–Crippen LogP) is 6.31. The number of carbonyl (C=O) groups excluding carboxylic acids is 1. The number of ether oxygens (including phenoxy) is 2. The third-order valence-electron chi connectivity index (χ3n) is 6.62. The second-order valence-corrected chi connectivity index (χ2v) is 9.91. The number of pyridine rings is 1. The summed E-state index contributed by atoms with van der Waals surface area (Å²) in [5.74, 6) is 0.436. The van der Waals surface area contributed by atoms with Crippen LogP contribution in [-0.4, -0.2) is 33.8 Å². The Morgan fingerprint density at radius 2 is 2.00 bits per heavy atom. The van der Waals surface area contributed by atoms with Crippen molar-refractivity contribution in [3.8, 4) is 11.1 Å². The fraction of sp³-hybridized carbons (Fsp3) is 0.519. The number of rotatable bonds is 10. The minimum absolute atomic E-state index is 0.195. The van der Waals surface area contributed by atoms with Gasteiger partial charge in [0.25, 0.3) is 0 Å². The van der Waals surface area contributed by atoms with Gasteiger partial charge < -0.3 is 9.47 Å². The quantitative estimate of drug-likeness (QED) is 0.289. The molecule has 7 heteroatoms. The van der Waals surface area contributed by atoms with Crippen molar-refractivity contribution >= 4 is 27.4 Å². The molecule has 0 bridgehead atoms. The van der Waals surface area contributed by atoms with Gasteiger partial charge in [0, 0.05) is 46.7 Å². The maximum absolute atomic E-state index is 12.3. The molecule has 6 nitrogen and oxygen atoms in total. The van der Waals surface area contributed by atoms with E-state index in [1.807, 2.05) is 17.6 Å². The first kappa shape index (κ1) is 24.9. The Morgan fingerprint density at radius 3 is 2.74 bits per heavy atom. The van der Waals surface area contributed by atoms with Crippen LogP contribution in [0.5, 0.6) is 0 Å². The van der Waals surface area contributed by atoms with Crippen LogP contribution in [0.15, 0.2) is 35.1 Å². The molecule has 0 unspecified atom stereocenters. The summed E-state index contributed by atoms with van der Waals surface area (Å²) < 4.78 is 14.4. The molecule has 34 heavy (non-hydrogen) atoms. The number of esters is 1. The third-order valence-corrected chi connectivity index (χ3v) is 7.05. The van der Waals surface area contributed by atoms with Crippen LogP contribution in [-0.2, 0) is 33.7 Å². The van der Waals surface area contributed by atoms with Gasteiger partial charge in [-0.15, -0.1) is 0 Å². The van der Waals surface area contributed by atoms with Gasteiger partial charge in [0.15, 0.2) is 0 Å². The average molecular weight is 528 g/mol. The van der Waals surface area contributed by atoms with Gasteiger partial charge in [0.2, 0.25) is 0 Å². The molecule has 0 amide bonds. The van der Waals surface area contributed by atoms with Crippen molar-refractivity contribution in [1.29, 1.82) is 0 Å². The number of aromatic nitrogens is 3. The third kappa shape index (κ3) is 5.87. The van der Waals surface area contributed by atoms with Gasteiger partial charge in [0.1, 0.15) is 0 Å². The molecule has 0 aliphatic heterocycles. The number of hydrogen-bond donors (Lipinski definition) is 0. The lowest BCUT2D eigenvalue weighted by molar-refractivity contribution is -0.143. The smallest absolute Gasteiger partial charge is 0.306 e. The van der Waals surface area contributed by atoms with Crippen LogP contribution in [0.1, 0.15) is 69.3 Å². The molecule has 182 valence electrons. The molecule has 0 atom stereocenters. The Morgan fingerprint density at radius 1 is 1.18 bits per heavy atom. The van der Waals surface area contributed by atoms with E-state index in [1.165, 1.54) is 32.1 Å². The van der Waals surface area contributed by atoms with E-state index in [2.05, 4.69) is 46.0 Å². The largest absolute Gasteiger partial charge is 0.466 e. The average Bonchev–Trinajstić information content (AvgIpc) is 3.25. The SMILES string of the molecule is CCOC(=O)CCc1c(COCC2CCCCC2)nn2c(CC)ccc2c1-c1cncc(Br)c1. The van der Waals surface area contributed by atoms with Crippen LogP contribution >= 0.6 is 15.9 Å². The molecule has 1 fully saturated rings. The van der Waals surface area contributed by atoms with Crippen LogP contribution < -0.4 is 0 Å². The molecule has 3 aromatic heterocycles. The summed E-state index contributed by atoms with van der Waals surface area (Å²) in [6, 6.07) is 6.31. The van der Waals surface area contributed by atoms with Gasteiger partial charge >= 0.3 is 5.97 Å². The molecular formula is C27H34BrN3O3. The molecule has 3 heterocycles. The van der Waals surface area contributed by atoms with E-state index in [9.17, 15) is 4.79 Å². The Labute approximate surface area is 210 Å². The van der Waals surface area contributed by atoms with Crippen LogP contribution in [0.4, 0.5) is 0 Å². The number of hydrogen-bond acceptors (Lipinski definition) is 5. The summed E-state index contributed by atoms with van der Waals surface area (Å²) in [4.78, 5) is 16.7. The van der Waals surface area contributed by atoms with E-state index < -0.39 is 0 Å². The van der Waals surface area contributed by atoms with Crippen LogP contribution in [0.25, 0.3) is 16.6 Å². The second kappa shape index (κ2) is 11.9. The monoisotopic (exact) mass is 527 g/mol. The number of fused-ring (bicyclic) bond motifs is 1. The van der Waals surface area contributed by atoms with Crippen molar-refractivity contribution < 1.29 is 14.3 Å². The van der Waals surface area contributed by atoms with Gasteiger partial charge in [-0.05, 0) is 78.2 Å². The first-order chi connectivity index (χ1) is 16.6. The first-order valence-electron chi connectivity index (χ1n) is 12.5. The second-order valence-electron chi connectivity index (χ2n) is 8.99. The van der Waals surface area contributed by atoms with Crippen molar-refractivity contribution in [3.63, 3.8) is 0 Å². The van der Waals surface area contributed by atoms with Crippen LogP contribution in [0.3, 0.4) is 0 Å². The molecule has 0 saturated heterocycles. The lowest BCUT2D eigenvalue weighted by Gasteiger charge is -2.22. The van der Waals surface area contributed by atoms with Gasteiger partial charge in [-0.25, -0.2) is 4.52 Å². The highest BCUT2D eigenvalue weighted by Crippen LogP contribution is 2.34. The molecule has 1 aliphatic carbocycles. The first-order valence-corrected chi connectivity index (χ1v) is 13.3. The van der Waals surface area contributed by atoms with E-state index in [1.54, 1.807) is 6.20 Å². The van der Waals surface area contributed by atoms with Gasteiger partial charge in [-0.1, -0.05) is 26.2 Å². The lowest BCUT2D eigenvalue weighted by Crippen LogP contribution is -2.16. The van der Waals surface area contributed by atoms with Crippen molar-refractivity contribution in [2.24, 2.45) is 5.92 Å². The fourth-order valence-corrected chi connectivity index (χ4v) is 5.28. The summed E-state index contributed by atoms with van der Waals surface area (Å²) in [5.41, 5.74) is 6.13. The minimum atomic E-state index is -0.195. The summed E-state index contributed by atoms with van der Waals surface area (Å²) in [6.07, 6.45) is 11.8. The zero-order chi connectivity index (χ0) is 23.9. The molecule has 0 radical (unpaired) electrons.